The highest BCUT2D eigenvalue weighted by molar-refractivity contribution is 5.52. The lowest BCUT2D eigenvalue weighted by Gasteiger charge is -2.09. The van der Waals surface area contributed by atoms with Crippen LogP contribution in [0.3, 0.4) is 0 Å². The zero-order chi connectivity index (χ0) is 13.8. The first-order chi connectivity index (χ1) is 8.31. The van der Waals surface area contributed by atoms with Crippen LogP contribution in [-0.2, 0) is 6.54 Å². The largest absolute Gasteiger partial charge is 0.504 e. The van der Waals surface area contributed by atoms with Crippen molar-refractivity contribution in [1.29, 1.82) is 0 Å². The molecule has 0 aliphatic rings. The van der Waals surface area contributed by atoms with Gasteiger partial charge in [0.1, 0.15) is 0 Å². The Labute approximate surface area is 102 Å². The number of alkyl halides is 3. The van der Waals surface area contributed by atoms with E-state index in [0.29, 0.717) is 5.56 Å². The van der Waals surface area contributed by atoms with Crippen LogP contribution in [0.15, 0.2) is 12.1 Å². The van der Waals surface area contributed by atoms with E-state index in [-0.39, 0.29) is 19.5 Å². The highest BCUT2D eigenvalue weighted by atomic mass is 19.4. The van der Waals surface area contributed by atoms with Crippen LogP contribution in [0.1, 0.15) is 18.4 Å². The molecule has 0 saturated carbocycles. The van der Waals surface area contributed by atoms with Crippen LogP contribution in [0.5, 0.6) is 17.2 Å². The second-order valence-electron chi connectivity index (χ2n) is 3.84. The molecular weight excluding hydrogens is 251 g/mol. The van der Waals surface area contributed by atoms with Gasteiger partial charge < -0.3 is 20.6 Å². The second kappa shape index (κ2) is 5.81. The molecule has 0 bridgehead atoms. The number of halogens is 3. The van der Waals surface area contributed by atoms with Gasteiger partial charge >= 0.3 is 6.18 Å². The Kier molecular flexibility index (Phi) is 4.66. The van der Waals surface area contributed by atoms with E-state index in [1.54, 1.807) is 0 Å². The summed E-state index contributed by atoms with van der Waals surface area (Å²) in [6, 6.07) is 2.57. The maximum atomic E-state index is 11.8. The fourth-order valence-corrected chi connectivity index (χ4v) is 1.39. The minimum absolute atomic E-state index is 0.0612. The van der Waals surface area contributed by atoms with Crippen molar-refractivity contribution < 1.29 is 28.5 Å². The zero-order valence-electron chi connectivity index (χ0n) is 9.46. The number of hydrogen-bond donors (Lipinski definition) is 4. The number of phenols is 3. The summed E-state index contributed by atoms with van der Waals surface area (Å²) in [7, 11) is 0. The molecule has 7 heteroatoms. The van der Waals surface area contributed by atoms with Gasteiger partial charge in [-0.3, -0.25) is 0 Å². The molecule has 1 rings (SSSR count). The van der Waals surface area contributed by atoms with Crippen LogP contribution in [0.25, 0.3) is 0 Å². The summed E-state index contributed by atoms with van der Waals surface area (Å²) < 4.78 is 35.5. The molecule has 0 spiro atoms. The molecule has 1 aromatic rings. The zero-order valence-corrected chi connectivity index (χ0v) is 9.46. The number of aromatic hydroxyl groups is 3. The molecule has 0 unspecified atom stereocenters. The van der Waals surface area contributed by atoms with Crippen LogP contribution >= 0.6 is 0 Å². The molecule has 0 fully saturated rings. The van der Waals surface area contributed by atoms with E-state index >= 15 is 0 Å². The van der Waals surface area contributed by atoms with E-state index in [0.717, 1.165) is 0 Å². The summed E-state index contributed by atoms with van der Waals surface area (Å²) in [5.74, 6) is -1.56. The van der Waals surface area contributed by atoms with Gasteiger partial charge in [0, 0.05) is 18.5 Å². The quantitative estimate of drug-likeness (QED) is 0.486. The van der Waals surface area contributed by atoms with Gasteiger partial charge in [-0.1, -0.05) is 6.07 Å². The molecule has 0 radical (unpaired) electrons. The standard InChI is InChI=1S/C11H14F3NO3/c12-11(13,14)4-1-5-15-6-7-2-3-8(16)10(18)9(7)17/h2-3,15-18H,1,4-6H2. The Hall–Kier alpha value is -1.63. The third kappa shape index (κ3) is 4.33. The van der Waals surface area contributed by atoms with Crippen LogP contribution in [0.2, 0.25) is 0 Å². The van der Waals surface area contributed by atoms with Crippen molar-refractivity contribution in [3.63, 3.8) is 0 Å². The second-order valence-corrected chi connectivity index (χ2v) is 3.84. The fraction of sp³-hybridized carbons (Fsp3) is 0.455. The van der Waals surface area contributed by atoms with Gasteiger partial charge in [-0.15, -0.1) is 0 Å². The molecular formula is C11H14F3NO3. The van der Waals surface area contributed by atoms with Gasteiger partial charge in [0.25, 0.3) is 0 Å². The van der Waals surface area contributed by atoms with Crippen molar-refractivity contribution in [2.75, 3.05) is 6.54 Å². The number of benzene rings is 1. The van der Waals surface area contributed by atoms with Crippen LogP contribution < -0.4 is 5.32 Å². The monoisotopic (exact) mass is 265 g/mol. The maximum absolute atomic E-state index is 11.8. The van der Waals surface area contributed by atoms with Gasteiger partial charge in [-0.2, -0.15) is 13.2 Å². The van der Waals surface area contributed by atoms with Gasteiger partial charge in [0.2, 0.25) is 5.75 Å². The summed E-state index contributed by atoms with van der Waals surface area (Å²) in [5, 5.41) is 30.4. The SMILES string of the molecule is Oc1ccc(CNCCCC(F)(F)F)c(O)c1O. The molecule has 0 heterocycles. The maximum Gasteiger partial charge on any atom is 0.389 e. The molecule has 0 saturated heterocycles. The Morgan fingerprint density at radius 2 is 1.72 bits per heavy atom. The van der Waals surface area contributed by atoms with Gasteiger partial charge in [0.05, 0.1) is 0 Å². The van der Waals surface area contributed by atoms with Crippen molar-refractivity contribution in [3.8, 4) is 17.2 Å². The number of nitrogens with one attached hydrogen (secondary N) is 1. The smallest absolute Gasteiger partial charge is 0.389 e. The third-order valence-electron chi connectivity index (χ3n) is 2.34. The van der Waals surface area contributed by atoms with Crippen LogP contribution in [0.4, 0.5) is 13.2 Å². The lowest BCUT2D eigenvalue weighted by molar-refractivity contribution is -0.135. The summed E-state index contributed by atoms with van der Waals surface area (Å²) in [6.07, 6.45) is -5.10. The highest BCUT2D eigenvalue weighted by Crippen LogP contribution is 2.36. The lowest BCUT2D eigenvalue weighted by atomic mass is 10.1. The first-order valence-corrected chi connectivity index (χ1v) is 5.31. The van der Waals surface area contributed by atoms with E-state index in [1.807, 2.05) is 0 Å². The molecule has 0 aliphatic carbocycles. The summed E-state index contributed by atoms with van der Waals surface area (Å²) in [6.45, 7) is 0.248. The number of hydrogen-bond acceptors (Lipinski definition) is 4. The van der Waals surface area contributed by atoms with E-state index in [1.165, 1.54) is 12.1 Å². The summed E-state index contributed by atoms with van der Waals surface area (Å²) in [4.78, 5) is 0. The fourth-order valence-electron chi connectivity index (χ4n) is 1.39. The summed E-state index contributed by atoms with van der Waals surface area (Å²) >= 11 is 0. The van der Waals surface area contributed by atoms with Crippen molar-refractivity contribution in [3.05, 3.63) is 17.7 Å². The average molecular weight is 265 g/mol. The van der Waals surface area contributed by atoms with Gasteiger partial charge in [0.15, 0.2) is 11.5 Å². The minimum atomic E-state index is -4.17. The van der Waals surface area contributed by atoms with Crippen molar-refractivity contribution >= 4 is 0 Å². The lowest BCUT2D eigenvalue weighted by Crippen LogP contribution is -2.17. The number of rotatable bonds is 5. The molecule has 0 aliphatic heterocycles. The third-order valence-corrected chi connectivity index (χ3v) is 2.34. The van der Waals surface area contributed by atoms with Gasteiger partial charge in [-0.05, 0) is 19.0 Å². The van der Waals surface area contributed by atoms with E-state index in [4.69, 9.17) is 5.11 Å². The predicted octanol–water partition coefficient (Wildman–Crippen LogP) is 2.24. The van der Waals surface area contributed by atoms with Crippen molar-refractivity contribution in [2.45, 2.75) is 25.6 Å². The topological polar surface area (TPSA) is 72.7 Å². The van der Waals surface area contributed by atoms with E-state index < -0.39 is 29.8 Å². The average Bonchev–Trinajstić information content (AvgIpc) is 2.27. The Morgan fingerprint density at radius 1 is 1.06 bits per heavy atom. The molecule has 18 heavy (non-hydrogen) atoms. The van der Waals surface area contributed by atoms with Gasteiger partial charge in [-0.25, -0.2) is 0 Å². The molecule has 0 atom stereocenters. The molecule has 4 nitrogen and oxygen atoms in total. The number of phenolic OH excluding ortho intramolecular Hbond substituents is 3. The van der Waals surface area contributed by atoms with E-state index in [2.05, 4.69) is 5.32 Å². The minimum Gasteiger partial charge on any atom is -0.504 e. The first kappa shape index (κ1) is 14.4. The van der Waals surface area contributed by atoms with E-state index in [9.17, 15) is 23.4 Å². The molecule has 4 N–H and O–H groups in total. The predicted molar refractivity (Wildman–Crippen MR) is 58.4 cm³/mol. The van der Waals surface area contributed by atoms with Crippen molar-refractivity contribution in [1.82, 2.24) is 5.32 Å². The van der Waals surface area contributed by atoms with Crippen molar-refractivity contribution in [2.24, 2.45) is 0 Å². The van der Waals surface area contributed by atoms with Crippen LogP contribution in [-0.4, -0.2) is 28.0 Å². The Morgan fingerprint density at radius 3 is 2.33 bits per heavy atom. The molecule has 1 aromatic carbocycles. The normalized spacial score (nSPS) is 11.7. The Bertz CT molecular complexity index is 407. The highest BCUT2D eigenvalue weighted by Gasteiger charge is 2.25. The Balaban J connectivity index is 2.39. The molecule has 0 amide bonds. The van der Waals surface area contributed by atoms with Crippen LogP contribution in [0, 0.1) is 0 Å². The summed E-state index contributed by atoms with van der Waals surface area (Å²) in [5.41, 5.74) is 0.303. The molecule has 0 aromatic heterocycles. The molecule has 102 valence electrons. The first-order valence-electron chi connectivity index (χ1n) is 5.31.